The Bertz CT molecular complexity index is 1540. The number of carbonyl (C=O) groups is 1. The Hall–Kier alpha value is -4.49. The normalized spacial score (nSPS) is 10.8. The third kappa shape index (κ3) is 4.76. The Morgan fingerprint density at radius 3 is 2.37 bits per heavy atom. The lowest BCUT2D eigenvalue weighted by atomic mass is 10.0. The van der Waals surface area contributed by atoms with E-state index in [1.165, 1.54) is 0 Å². The van der Waals surface area contributed by atoms with Gasteiger partial charge in [0.05, 0.1) is 21.9 Å². The van der Waals surface area contributed by atoms with Crippen molar-refractivity contribution in [2.75, 3.05) is 16.4 Å². The van der Waals surface area contributed by atoms with E-state index >= 15 is 0 Å². The highest BCUT2D eigenvalue weighted by atomic mass is 35.5. The van der Waals surface area contributed by atoms with Crippen LogP contribution in [0.25, 0.3) is 33.4 Å². The first-order chi connectivity index (χ1) is 17.0. The number of hydrogen-bond acceptors (Lipinski definition) is 5. The van der Waals surface area contributed by atoms with Crippen LogP contribution in [-0.4, -0.2) is 21.0 Å². The summed E-state index contributed by atoms with van der Waals surface area (Å²) in [6.45, 7) is 1.98. The predicted octanol–water partition coefficient (Wildman–Crippen LogP) is 6.55. The summed E-state index contributed by atoms with van der Waals surface area (Å²) in [7, 11) is 0. The van der Waals surface area contributed by atoms with Crippen molar-refractivity contribution in [2.45, 2.75) is 6.92 Å². The lowest BCUT2D eigenvalue weighted by Crippen LogP contribution is -2.21. The lowest BCUT2D eigenvalue weighted by molar-refractivity contribution is 0.262. The predicted molar refractivity (Wildman–Crippen MR) is 141 cm³/mol. The molecule has 0 atom stereocenters. The summed E-state index contributed by atoms with van der Waals surface area (Å²) < 4.78 is 0. The molecule has 2 amide bonds. The van der Waals surface area contributed by atoms with Crippen molar-refractivity contribution in [3.05, 3.63) is 95.6 Å². The number of halogens is 1. The van der Waals surface area contributed by atoms with Crippen molar-refractivity contribution >= 4 is 45.9 Å². The third-order valence-electron chi connectivity index (χ3n) is 5.44. The molecule has 0 aliphatic rings. The fraction of sp³-hybridized carbons (Fsp3) is 0.0370. The van der Waals surface area contributed by atoms with Crippen molar-refractivity contribution in [1.82, 2.24) is 15.0 Å². The topological polar surface area (TPSA) is 106 Å². The van der Waals surface area contributed by atoms with Crippen molar-refractivity contribution < 1.29 is 4.79 Å². The molecule has 5 aromatic rings. The minimum absolute atomic E-state index is 0.0974. The number of urea groups is 1. The van der Waals surface area contributed by atoms with Gasteiger partial charge in [0.25, 0.3) is 0 Å². The average Bonchev–Trinajstić information content (AvgIpc) is 2.87. The van der Waals surface area contributed by atoms with Gasteiger partial charge in [-0.05, 0) is 37.3 Å². The molecular weight excluding hydrogens is 460 g/mol. The second-order valence-corrected chi connectivity index (χ2v) is 8.41. The monoisotopic (exact) mass is 480 g/mol. The second-order valence-electron chi connectivity index (χ2n) is 8.00. The standard InChI is InChI=1S/C27H21ClN6O/c1-16-9-11-20(12-10-16)31-27(35)34-26-25(29)32-23(17-6-3-2-4-7-17)24(33-26)19-14-18-8-5-13-30-22(18)21(28)15-19/h2-15H,1H3,(H2,29,32)(H2,31,33,34,35). The number of benzene rings is 3. The number of nitrogens with two attached hydrogens (primary N) is 1. The second kappa shape index (κ2) is 9.40. The highest BCUT2D eigenvalue weighted by molar-refractivity contribution is 6.35. The van der Waals surface area contributed by atoms with Gasteiger partial charge in [0.1, 0.15) is 0 Å². The van der Waals surface area contributed by atoms with Gasteiger partial charge in [0, 0.05) is 28.4 Å². The van der Waals surface area contributed by atoms with E-state index in [2.05, 4.69) is 20.6 Å². The van der Waals surface area contributed by atoms with Gasteiger partial charge in [0.15, 0.2) is 11.6 Å². The van der Waals surface area contributed by atoms with E-state index in [4.69, 9.17) is 22.3 Å². The molecule has 0 bridgehead atoms. The summed E-state index contributed by atoms with van der Waals surface area (Å²) in [6.07, 6.45) is 1.70. The molecule has 0 saturated carbocycles. The van der Waals surface area contributed by atoms with E-state index in [0.717, 1.165) is 22.1 Å². The van der Waals surface area contributed by atoms with Crippen molar-refractivity contribution in [1.29, 1.82) is 0 Å². The van der Waals surface area contributed by atoms with Gasteiger partial charge in [-0.15, -0.1) is 0 Å². The van der Waals surface area contributed by atoms with Gasteiger partial charge in [-0.2, -0.15) is 0 Å². The number of aromatic nitrogens is 3. The van der Waals surface area contributed by atoms with E-state index in [1.54, 1.807) is 12.3 Å². The molecule has 0 unspecified atom stereocenters. The fourth-order valence-corrected chi connectivity index (χ4v) is 4.01. The Morgan fingerprint density at radius 1 is 0.857 bits per heavy atom. The van der Waals surface area contributed by atoms with Gasteiger partial charge in [-0.3, -0.25) is 10.3 Å². The number of nitrogen functional groups attached to an aromatic ring is 1. The van der Waals surface area contributed by atoms with Gasteiger partial charge in [-0.25, -0.2) is 14.8 Å². The maximum absolute atomic E-state index is 12.7. The zero-order chi connectivity index (χ0) is 24.4. The molecule has 3 aromatic carbocycles. The van der Waals surface area contributed by atoms with Crippen LogP contribution in [0.5, 0.6) is 0 Å². The number of anilines is 3. The molecule has 0 aliphatic carbocycles. The summed E-state index contributed by atoms with van der Waals surface area (Å²) in [5.74, 6) is 0.243. The maximum atomic E-state index is 12.7. The van der Waals surface area contributed by atoms with Crippen LogP contribution in [0, 0.1) is 6.92 Å². The first-order valence-electron chi connectivity index (χ1n) is 10.9. The number of carbonyl (C=O) groups excluding carboxylic acids is 1. The van der Waals surface area contributed by atoms with E-state index in [9.17, 15) is 4.79 Å². The lowest BCUT2D eigenvalue weighted by Gasteiger charge is -2.15. The zero-order valence-corrected chi connectivity index (χ0v) is 19.5. The SMILES string of the molecule is Cc1ccc(NC(=O)Nc2nc(-c3cc(Cl)c4ncccc4c3)c(-c3ccccc3)nc2N)cc1. The van der Waals surface area contributed by atoms with Crippen LogP contribution in [0.1, 0.15) is 5.56 Å². The van der Waals surface area contributed by atoms with Crippen LogP contribution in [0.15, 0.2) is 85.1 Å². The number of nitrogens with one attached hydrogen (secondary N) is 2. The van der Waals surface area contributed by atoms with Crippen LogP contribution in [0.4, 0.5) is 22.1 Å². The Balaban J connectivity index is 1.58. The number of aryl methyl sites for hydroxylation is 1. The van der Waals surface area contributed by atoms with E-state index in [-0.39, 0.29) is 11.6 Å². The molecule has 2 aromatic heterocycles. The van der Waals surface area contributed by atoms with Gasteiger partial charge >= 0.3 is 6.03 Å². The van der Waals surface area contributed by atoms with Crippen LogP contribution in [0.2, 0.25) is 5.02 Å². The molecular formula is C27H21ClN6O. The quantitative estimate of drug-likeness (QED) is 0.270. The minimum atomic E-state index is -0.478. The van der Waals surface area contributed by atoms with E-state index in [1.807, 2.05) is 79.7 Å². The zero-order valence-electron chi connectivity index (χ0n) is 18.8. The van der Waals surface area contributed by atoms with Crippen molar-refractivity contribution in [2.24, 2.45) is 0 Å². The minimum Gasteiger partial charge on any atom is -0.381 e. The number of rotatable bonds is 4. The van der Waals surface area contributed by atoms with Crippen LogP contribution >= 0.6 is 11.6 Å². The number of pyridine rings is 1. The van der Waals surface area contributed by atoms with Crippen LogP contribution in [0.3, 0.4) is 0 Å². The molecule has 0 fully saturated rings. The molecule has 8 heteroatoms. The molecule has 7 nitrogen and oxygen atoms in total. The summed E-state index contributed by atoms with van der Waals surface area (Å²) in [6, 6.07) is 24.1. The summed E-state index contributed by atoms with van der Waals surface area (Å²) in [4.78, 5) is 26.4. The largest absolute Gasteiger partial charge is 0.381 e. The van der Waals surface area contributed by atoms with Crippen molar-refractivity contribution in [3.8, 4) is 22.5 Å². The molecule has 0 radical (unpaired) electrons. The molecule has 0 aliphatic heterocycles. The molecule has 0 spiro atoms. The number of amides is 2. The number of fused-ring (bicyclic) bond motifs is 1. The Morgan fingerprint density at radius 2 is 1.60 bits per heavy atom. The maximum Gasteiger partial charge on any atom is 0.324 e. The van der Waals surface area contributed by atoms with E-state index < -0.39 is 6.03 Å². The highest BCUT2D eigenvalue weighted by Gasteiger charge is 2.18. The molecule has 35 heavy (non-hydrogen) atoms. The molecule has 4 N–H and O–H groups in total. The Labute approximate surface area is 207 Å². The summed E-state index contributed by atoms with van der Waals surface area (Å²) in [5, 5.41) is 6.85. The smallest absolute Gasteiger partial charge is 0.324 e. The average molecular weight is 481 g/mol. The first-order valence-corrected chi connectivity index (χ1v) is 11.3. The molecule has 172 valence electrons. The molecule has 0 saturated heterocycles. The van der Waals surface area contributed by atoms with Gasteiger partial charge in [0.2, 0.25) is 0 Å². The number of hydrogen-bond donors (Lipinski definition) is 3. The number of nitrogens with zero attached hydrogens (tertiary/aromatic N) is 3. The van der Waals surface area contributed by atoms with Gasteiger partial charge in [-0.1, -0.05) is 65.7 Å². The highest BCUT2D eigenvalue weighted by Crippen LogP contribution is 2.35. The van der Waals surface area contributed by atoms with Crippen LogP contribution in [-0.2, 0) is 0 Å². The van der Waals surface area contributed by atoms with Crippen molar-refractivity contribution in [3.63, 3.8) is 0 Å². The summed E-state index contributed by atoms with van der Waals surface area (Å²) >= 11 is 6.55. The first kappa shape index (κ1) is 22.3. The summed E-state index contributed by atoms with van der Waals surface area (Å²) in [5.41, 5.74) is 11.3. The third-order valence-corrected chi connectivity index (χ3v) is 5.73. The fourth-order valence-electron chi connectivity index (χ4n) is 3.73. The van der Waals surface area contributed by atoms with E-state index in [0.29, 0.717) is 27.6 Å². The molecule has 5 rings (SSSR count). The Kier molecular flexibility index (Phi) is 5.99. The van der Waals surface area contributed by atoms with Gasteiger partial charge < -0.3 is 11.1 Å². The van der Waals surface area contributed by atoms with Crippen LogP contribution < -0.4 is 16.4 Å². The molecule has 2 heterocycles.